The lowest BCUT2D eigenvalue weighted by Crippen LogP contribution is -2.40. The molecule has 2 N–H and O–H groups in total. The van der Waals surface area contributed by atoms with Gasteiger partial charge in [-0.05, 0) is 73.4 Å². The lowest BCUT2D eigenvalue weighted by molar-refractivity contribution is 0.0695. The summed E-state index contributed by atoms with van der Waals surface area (Å²) in [6.45, 7) is 3.34. The number of ether oxygens (including phenoxy) is 2. The smallest absolute Gasteiger partial charge is 0.326 e. The second-order valence-corrected chi connectivity index (χ2v) is 10.0. The number of methoxy groups -OCH3 is 2. The van der Waals surface area contributed by atoms with Gasteiger partial charge in [-0.3, -0.25) is 9.36 Å². The number of amides is 1. The number of fused-ring (bicyclic) bond motifs is 2. The summed E-state index contributed by atoms with van der Waals surface area (Å²) < 4.78 is 12.8. The number of benzene rings is 3. The average molecular weight is 525 g/mol. The van der Waals surface area contributed by atoms with Crippen LogP contribution >= 0.6 is 0 Å². The Morgan fingerprint density at radius 2 is 1.69 bits per heavy atom. The van der Waals surface area contributed by atoms with Crippen LogP contribution in [0.5, 0.6) is 11.5 Å². The Morgan fingerprint density at radius 1 is 0.923 bits per heavy atom. The van der Waals surface area contributed by atoms with Crippen molar-refractivity contribution < 1.29 is 14.3 Å². The number of nitrogens with zero attached hydrogens (tertiary/aromatic N) is 2. The van der Waals surface area contributed by atoms with E-state index in [1.807, 2.05) is 70.1 Å². The molecule has 200 valence electrons. The fourth-order valence-corrected chi connectivity index (χ4v) is 5.93. The molecule has 0 saturated carbocycles. The number of para-hydroxylation sites is 2. The number of piperidine rings is 1. The molecule has 3 aromatic carbocycles. The third-order valence-electron chi connectivity index (χ3n) is 7.92. The zero-order valence-electron chi connectivity index (χ0n) is 22.4. The molecule has 1 saturated heterocycles. The van der Waals surface area contributed by atoms with E-state index in [4.69, 9.17) is 9.47 Å². The van der Waals surface area contributed by atoms with E-state index in [1.54, 1.807) is 14.2 Å². The van der Waals surface area contributed by atoms with Gasteiger partial charge in [0.15, 0.2) is 11.5 Å². The minimum absolute atomic E-state index is 0.0255. The third kappa shape index (κ3) is 4.26. The van der Waals surface area contributed by atoms with Crippen molar-refractivity contribution in [3.63, 3.8) is 0 Å². The maximum atomic E-state index is 13.6. The number of hydrogen-bond donors (Lipinski definition) is 2. The van der Waals surface area contributed by atoms with Crippen molar-refractivity contribution in [1.82, 2.24) is 19.4 Å². The van der Waals surface area contributed by atoms with E-state index in [1.165, 1.54) is 0 Å². The van der Waals surface area contributed by atoms with Gasteiger partial charge in [0.25, 0.3) is 5.91 Å². The van der Waals surface area contributed by atoms with Crippen LogP contribution in [0.3, 0.4) is 0 Å². The van der Waals surface area contributed by atoms with E-state index in [0.29, 0.717) is 30.2 Å². The molecule has 8 nitrogen and oxygen atoms in total. The van der Waals surface area contributed by atoms with E-state index in [-0.39, 0.29) is 17.6 Å². The fraction of sp³-hybridized carbons (Fsp3) is 0.290. The topological polar surface area (TPSA) is 92.3 Å². The molecule has 0 spiro atoms. The van der Waals surface area contributed by atoms with Gasteiger partial charge in [0.2, 0.25) is 0 Å². The minimum atomic E-state index is -0.0868. The van der Waals surface area contributed by atoms with E-state index >= 15 is 0 Å². The summed E-state index contributed by atoms with van der Waals surface area (Å²) in [6.07, 6.45) is 2.29. The summed E-state index contributed by atoms with van der Waals surface area (Å²) in [5.41, 5.74) is 6.53. The molecule has 1 amide bonds. The van der Waals surface area contributed by atoms with E-state index in [9.17, 15) is 9.59 Å². The van der Waals surface area contributed by atoms with Gasteiger partial charge in [-0.15, -0.1) is 0 Å². The van der Waals surface area contributed by atoms with Crippen LogP contribution in [-0.4, -0.2) is 52.7 Å². The number of hydrogen-bond acceptors (Lipinski definition) is 4. The highest BCUT2D eigenvalue weighted by Crippen LogP contribution is 2.37. The van der Waals surface area contributed by atoms with E-state index < -0.39 is 0 Å². The van der Waals surface area contributed by atoms with Crippen LogP contribution in [0, 0.1) is 0 Å². The van der Waals surface area contributed by atoms with Crippen LogP contribution in [0.2, 0.25) is 0 Å². The molecule has 0 aliphatic carbocycles. The number of nitrogens with one attached hydrogen (secondary N) is 2. The second-order valence-electron chi connectivity index (χ2n) is 10.0. The number of aromatic nitrogens is 3. The Kier molecular flexibility index (Phi) is 6.38. The van der Waals surface area contributed by atoms with Crippen LogP contribution in [-0.2, 0) is 6.42 Å². The summed E-state index contributed by atoms with van der Waals surface area (Å²) >= 11 is 0. The van der Waals surface area contributed by atoms with Gasteiger partial charge in [0.1, 0.15) is 0 Å². The molecule has 0 radical (unpaired) electrons. The maximum absolute atomic E-state index is 13.6. The van der Waals surface area contributed by atoms with Gasteiger partial charge >= 0.3 is 5.69 Å². The van der Waals surface area contributed by atoms with Crippen LogP contribution < -0.4 is 15.2 Å². The van der Waals surface area contributed by atoms with E-state index in [2.05, 4.69) is 16.9 Å². The number of imidazole rings is 1. The predicted molar refractivity (Wildman–Crippen MR) is 153 cm³/mol. The Morgan fingerprint density at radius 3 is 2.44 bits per heavy atom. The van der Waals surface area contributed by atoms with Crippen LogP contribution in [0.4, 0.5) is 0 Å². The number of H-pyrrole nitrogens is 2. The highest BCUT2D eigenvalue weighted by atomic mass is 16.5. The number of carbonyl (C=O) groups is 1. The molecule has 5 aromatic rings. The first-order valence-electron chi connectivity index (χ1n) is 13.4. The molecular formula is C31H32N4O4. The highest BCUT2D eigenvalue weighted by Gasteiger charge is 2.27. The molecule has 6 rings (SSSR count). The molecule has 1 aliphatic rings. The number of rotatable bonds is 6. The molecule has 0 bridgehead atoms. The van der Waals surface area contributed by atoms with Crippen molar-refractivity contribution in [2.75, 3.05) is 27.3 Å². The quantitative estimate of drug-likeness (QED) is 0.305. The van der Waals surface area contributed by atoms with Gasteiger partial charge in [-0.25, -0.2) is 4.79 Å². The summed E-state index contributed by atoms with van der Waals surface area (Å²) in [6, 6.07) is 19.6. The predicted octanol–water partition coefficient (Wildman–Crippen LogP) is 5.53. The normalized spacial score (nSPS) is 14.3. The number of aryl methyl sites for hydroxylation is 1. The number of carbonyl (C=O) groups excluding carboxylic acids is 1. The van der Waals surface area contributed by atoms with Crippen LogP contribution in [0.1, 0.15) is 41.7 Å². The number of likely N-dealkylation sites (tertiary alicyclic amines) is 1. The molecule has 2 aromatic heterocycles. The van der Waals surface area contributed by atoms with Gasteiger partial charge in [-0.2, -0.15) is 0 Å². The van der Waals surface area contributed by atoms with Crippen LogP contribution in [0.15, 0.2) is 65.5 Å². The lowest BCUT2D eigenvalue weighted by Gasteiger charge is -2.32. The molecule has 39 heavy (non-hydrogen) atoms. The van der Waals surface area contributed by atoms with Gasteiger partial charge in [0.05, 0.1) is 25.3 Å². The summed E-state index contributed by atoms with van der Waals surface area (Å²) in [4.78, 5) is 34.6. The number of aromatic amines is 2. The Bertz CT molecular complexity index is 1740. The highest BCUT2D eigenvalue weighted by molar-refractivity contribution is 6.00. The summed E-state index contributed by atoms with van der Waals surface area (Å²) in [5.74, 6) is 1.38. The van der Waals surface area contributed by atoms with Crippen LogP contribution in [0.25, 0.3) is 33.2 Å². The lowest BCUT2D eigenvalue weighted by atomic mass is 10.0. The maximum Gasteiger partial charge on any atom is 0.326 e. The first-order valence-corrected chi connectivity index (χ1v) is 13.4. The summed E-state index contributed by atoms with van der Waals surface area (Å²) in [7, 11) is 3.26. The van der Waals surface area contributed by atoms with Crippen molar-refractivity contribution >= 4 is 27.8 Å². The molecule has 0 atom stereocenters. The molecule has 0 unspecified atom stereocenters. The molecule has 1 aliphatic heterocycles. The first kappa shape index (κ1) is 24.9. The third-order valence-corrected chi connectivity index (χ3v) is 7.92. The van der Waals surface area contributed by atoms with Crippen molar-refractivity contribution in [2.24, 2.45) is 0 Å². The largest absolute Gasteiger partial charge is 0.493 e. The second kappa shape index (κ2) is 10.0. The van der Waals surface area contributed by atoms with Crippen molar-refractivity contribution in [1.29, 1.82) is 0 Å². The zero-order chi connectivity index (χ0) is 27.1. The Labute approximate surface area is 226 Å². The molecule has 3 heterocycles. The Hall–Kier alpha value is -4.46. The first-order chi connectivity index (χ1) is 19.0. The minimum Gasteiger partial charge on any atom is -0.493 e. The van der Waals surface area contributed by atoms with Crippen molar-refractivity contribution in [3.8, 4) is 22.8 Å². The van der Waals surface area contributed by atoms with E-state index in [0.717, 1.165) is 58.0 Å². The monoisotopic (exact) mass is 524 g/mol. The zero-order valence-corrected chi connectivity index (χ0v) is 22.4. The molecule has 1 fully saturated rings. The van der Waals surface area contributed by atoms with Gasteiger partial charge in [0, 0.05) is 46.9 Å². The Balaban J connectivity index is 1.25. The van der Waals surface area contributed by atoms with Crippen molar-refractivity contribution in [3.05, 3.63) is 82.3 Å². The SMILES string of the molecule is CCc1c(-c2ccc(OC)c(OC)c2)[nH]c2ccc(C(=O)N3CCC(n4c(=O)[nH]c5ccccc54)CC3)cc12. The summed E-state index contributed by atoms with van der Waals surface area (Å²) in [5, 5.41) is 1.05. The molecular weight excluding hydrogens is 492 g/mol. The van der Waals surface area contributed by atoms with Crippen molar-refractivity contribution in [2.45, 2.75) is 32.2 Å². The molecule has 8 heteroatoms. The fourth-order valence-electron chi connectivity index (χ4n) is 5.93. The average Bonchev–Trinajstić information content (AvgIpc) is 3.52. The van der Waals surface area contributed by atoms with Gasteiger partial charge in [-0.1, -0.05) is 19.1 Å². The van der Waals surface area contributed by atoms with Gasteiger partial charge < -0.3 is 24.3 Å². The standard InChI is InChI=1S/C31H32N4O4/c1-4-22-23-17-20(9-11-24(23)32-29(22)19-10-12-27(38-2)28(18-19)39-3)30(36)34-15-13-21(14-16-34)35-26-8-6-5-7-25(26)33-31(35)37/h5-12,17-18,21,32H,4,13-16H2,1-3H3,(H,33,37).